The van der Waals surface area contributed by atoms with Crippen LogP contribution in [0.5, 0.6) is 0 Å². The molecule has 1 saturated carbocycles. The lowest BCUT2D eigenvalue weighted by Gasteiger charge is -2.16. The molecule has 4 heteroatoms. The Morgan fingerprint density at radius 1 is 1.25 bits per heavy atom. The van der Waals surface area contributed by atoms with Crippen LogP contribution in [0.1, 0.15) is 31.9 Å². The van der Waals surface area contributed by atoms with E-state index in [1.165, 1.54) is 6.42 Å². The van der Waals surface area contributed by atoms with Gasteiger partial charge in [0.15, 0.2) is 0 Å². The van der Waals surface area contributed by atoms with E-state index in [1.807, 2.05) is 6.07 Å². The van der Waals surface area contributed by atoms with Crippen molar-refractivity contribution in [2.75, 3.05) is 0 Å². The van der Waals surface area contributed by atoms with Gasteiger partial charge in [-0.3, -0.25) is 0 Å². The molecule has 0 amide bonds. The van der Waals surface area contributed by atoms with Crippen molar-refractivity contribution in [2.24, 2.45) is 5.92 Å². The zero-order valence-electron chi connectivity index (χ0n) is 9.23. The molecule has 88 valence electrons. The van der Waals surface area contributed by atoms with E-state index in [-0.39, 0.29) is 6.04 Å². The Morgan fingerprint density at radius 3 is 2.44 bits per heavy atom. The van der Waals surface area contributed by atoms with Gasteiger partial charge in [0.2, 0.25) is 0 Å². The highest BCUT2D eigenvalue weighted by molar-refractivity contribution is 6.48. The van der Waals surface area contributed by atoms with Crippen LogP contribution in [-0.4, -0.2) is 6.04 Å². The summed E-state index contributed by atoms with van der Waals surface area (Å²) >= 11 is 18.1. The van der Waals surface area contributed by atoms with Crippen molar-refractivity contribution in [2.45, 2.75) is 32.4 Å². The highest BCUT2D eigenvalue weighted by Gasteiger charge is 2.33. The van der Waals surface area contributed by atoms with Crippen LogP contribution < -0.4 is 5.32 Å². The Hall–Kier alpha value is 0.0500. The van der Waals surface area contributed by atoms with E-state index in [0.29, 0.717) is 21.1 Å². The van der Waals surface area contributed by atoms with E-state index in [2.05, 4.69) is 19.2 Å². The normalized spacial score (nSPS) is 25.6. The fraction of sp³-hybridized carbons (Fsp3) is 0.500. The van der Waals surface area contributed by atoms with Crippen molar-refractivity contribution < 1.29 is 0 Å². The highest BCUT2D eigenvalue weighted by atomic mass is 35.5. The van der Waals surface area contributed by atoms with Gasteiger partial charge in [-0.15, -0.1) is 0 Å². The first kappa shape index (κ1) is 12.5. The molecular formula is C12H14Cl3N. The van der Waals surface area contributed by atoms with E-state index in [4.69, 9.17) is 34.8 Å². The first-order chi connectivity index (χ1) is 7.50. The minimum absolute atomic E-state index is 0.206. The number of hydrogen-bond donors (Lipinski definition) is 1. The van der Waals surface area contributed by atoms with Crippen molar-refractivity contribution in [3.8, 4) is 0 Å². The molecule has 0 bridgehead atoms. The minimum Gasteiger partial charge on any atom is -0.307 e. The molecule has 0 aromatic heterocycles. The maximum Gasteiger partial charge on any atom is 0.0781 e. The molecule has 1 aliphatic carbocycles. The lowest BCUT2D eigenvalue weighted by molar-refractivity contribution is 0.552. The summed E-state index contributed by atoms with van der Waals surface area (Å²) in [6.07, 6.45) is 1.24. The standard InChI is InChI=1S/C12H14Cl3N/c1-6-5-10(6)16-7(2)8-3-4-9(13)12(15)11(8)14/h3-4,6-7,10,16H,5H2,1-2H3. The maximum atomic E-state index is 6.18. The Labute approximate surface area is 111 Å². The number of hydrogen-bond acceptors (Lipinski definition) is 1. The lowest BCUT2D eigenvalue weighted by Crippen LogP contribution is -2.22. The first-order valence-corrected chi connectivity index (χ1v) is 6.53. The molecule has 0 saturated heterocycles. The van der Waals surface area contributed by atoms with Crippen molar-refractivity contribution in [3.63, 3.8) is 0 Å². The topological polar surface area (TPSA) is 12.0 Å². The van der Waals surface area contributed by atoms with Gasteiger partial charge in [-0.1, -0.05) is 47.8 Å². The summed E-state index contributed by atoms with van der Waals surface area (Å²) in [5, 5.41) is 5.02. The van der Waals surface area contributed by atoms with Crippen molar-refractivity contribution in [3.05, 3.63) is 32.8 Å². The van der Waals surface area contributed by atoms with Crippen LogP contribution in [0.15, 0.2) is 12.1 Å². The highest BCUT2D eigenvalue weighted by Crippen LogP contribution is 2.37. The zero-order chi connectivity index (χ0) is 11.9. The van der Waals surface area contributed by atoms with Crippen LogP contribution in [-0.2, 0) is 0 Å². The van der Waals surface area contributed by atoms with Gasteiger partial charge < -0.3 is 5.32 Å². The van der Waals surface area contributed by atoms with Gasteiger partial charge in [-0.25, -0.2) is 0 Å². The molecule has 1 aliphatic rings. The second-order valence-electron chi connectivity index (χ2n) is 4.47. The van der Waals surface area contributed by atoms with E-state index >= 15 is 0 Å². The van der Waals surface area contributed by atoms with Gasteiger partial charge in [0.05, 0.1) is 15.1 Å². The van der Waals surface area contributed by atoms with Gasteiger partial charge in [0, 0.05) is 12.1 Å². The van der Waals surface area contributed by atoms with Gasteiger partial charge in [-0.05, 0) is 30.9 Å². The van der Waals surface area contributed by atoms with Crippen LogP contribution in [0.3, 0.4) is 0 Å². The molecule has 3 atom stereocenters. The summed E-state index contributed by atoms with van der Waals surface area (Å²) in [5.74, 6) is 0.768. The van der Waals surface area contributed by atoms with Crippen molar-refractivity contribution >= 4 is 34.8 Å². The Bertz CT molecular complexity index is 405. The summed E-state index contributed by atoms with van der Waals surface area (Å²) in [6, 6.07) is 4.54. The molecule has 0 aliphatic heterocycles. The van der Waals surface area contributed by atoms with Gasteiger partial charge in [0.25, 0.3) is 0 Å². The summed E-state index contributed by atoms with van der Waals surface area (Å²) in [5.41, 5.74) is 1.01. The number of rotatable bonds is 3. The predicted molar refractivity (Wildman–Crippen MR) is 70.6 cm³/mol. The molecule has 0 radical (unpaired) electrons. The van der Waals surface area contributed by atoms with Crippen LogP contribution in [0, 0.1) is 5.92 Å². The molecule has 0 heterocycles. The van der Waals surface area contributed by atoms with Gasteiger partial charge in [-0.2, -0.15) is 0 Å². The molecule has 2 rings (SSSR count). The Kier molecular flexibility index (Phi) is 3.70. The largest absolute Gasteiger partial charge is 0.307 e. The van der Waals surface area contributed by atoms with Crippen LogP contribution in [0.25, 0.3) is 0 Å². The first-order valence-electron chi connectivity index (χ1n) is 5.40. The molecule has 0 spiro atoms. The summed E-state index contributed by atoms with van der Waals surface area (Å²) < 4.78 is 0. The van der Waals surface area contributed by atoms with E-state index < -0.39 is 0 Å². The van der Waals surface area contributed by atoms with Crippen molar-refractivity contribution in [1.29, 1.82) is 0 Å². The summed E-state index contributed by atoms with van der Waals surface area (Å²) in [7, 11) is 0. The van der Waals surface area contributed by atoms with E-state index in [1.54, 1.807) is 6.07 Å². The minimum atomic E-state index is 0.206. The molecule has 3 unspecified atom stereocenters. The quantitative estimate of drug-likeness (QED) is 0.790. The smallest absolute Gasteiger partial charge is 0.0781 e. The molecule has 1 fully saturated rings. The Morgan fingerprint density at radius 2 is 1.88 bits per heavy atom. The molecule has 1 N–H and O–H groups in total. The van der Waals surface area contributed by atoms with E-state index in [9.17, 15) is 0 Å². The molecular weight excluding hydrogens is 264 g/mol. The summed E-state index contributed by atoms with van der Waals surface area (Å²) in [4.78, 5) is 0. The monoisotopic (exact) mass is 277 g/mol. The second-order valence-corrected chi connectivity index (χ2v) is 5.64. The van der Waals surface area contributed by atoms with Crippen LogP contribution >= 0.6 is 34.8 Å². The predicted octanol–water partition coefficient (Wildman–Crippen LogP) is 4.71. The fourth-order valence-electron chi connectivity index (χ4n) is 1.84. The van der Waals surface area contributed by atoms with Crippen LogP contribution in [0.4, 0.5) is 0 Å². The Balaban J connectivity index is 2.16. The summed E-state index contributed by atoms with van der Waals surface area (Å²) in [6.45, 7) is 4.33. The van der Waals surface area contributed by atoms with Gasteiger partial charge >= 0.3 is 0 Å². The zero-order valence-corrected chi connectivity index (χ0v) is 11.5. The van der Waals surface area contributed by atoms with Gasteiger partial charge in [0.1, 0.15) is 0 Å². The number of benzene rings is 1. The maximum absolute atomic E-state index is 6.18. The van der Waals surface area contributed by atoms with Crippen molar-refractivity contribution in [1.82, 2.24) is 5.32 Å². The average molecular weight is 279 g/mol. The van der Waals surface area contributed by atoms with Crippen LogP contribution in [0.2, 0.25) is 15.1 Å². The molecule has 1 aromatic carbocycles. The molecule has 1 nitrogen and oxygen atoms in total. The number of halogens is 3. The molecule has 16 heavy (non-hydrogen) atoms. The lowest BCUT2D eigenvalue weighted by atomic mass is 10.1. The SMILES string of the molecule is CC(NC1CC1C)c1ccc(Cl)c(Cl)c1Cl. The van der Waals surface area contributed by atoms with E-state index in [0.717, 1.165) is 11.5 Å². The average Bonchev–Trinajstić information content (AvgIpc) is 2.90. The molecule has 1 aromatic rings. The third kappa shape index (κ3) is 2.48. The third-order valence-electron chi connectivity index (χ3n) is 3.11. The third-order valence-corrected chi connectivity index (χ3v) is 4.41. The number of nitrogens with one attached hydrogen (secondary N) is 1. The second kappa shape index (κ2) is 4.73. The fourth-order valence-corrected chi connectivity index (χ4v) is 2.55.